The van der Waals surface area contributed by atoms with E-state index in [1.165, 1.54) is 17.7 Å². The average Bonchev–Trinajstić information content (AvgIpc) is 2.74. The maximum Gasteiger partial charge on any atom is 0.238 e. The molecule has 0 saturated carbocycles. The Morgan fingerprint density at radius 1 is 0.871 bits per heavy atom. The van der Waals surface area contributed by atoms with Crippen molar-refractivity contribution < 1.29 is 12.8 Å². The van der Waals surface area contributed by atoms with Gasteiger partial charge in [0.1, 0.15) is 11.3 Å². The van der Waals surface area contributed by atoms with Crippen molar-refractivity contribution in [3.05, 3.63) is 88.6 Å². The van der Waals surface area contributed by atoms with Gasteiger partial charge in [-0.15, -0.1) is 0 Å². The quantitative estimate of drug-likeness (QED) is 0.481. The van der Waals surface area contributed by atoms with E-state index in [0.717, 1.165) is 12.0 Å². The summed E-state index contributed by atoms with van der Waals surface area (Å²) in [6.45, 7) is 4.32. The second-order valence-electron chi connectivity index (χ2n) is 8.00. The van der Waals surface area contributed by atoms with E-state index in [9.17, 15) is 13.2 Å². The predicted octanol–water partition coefficient (Wildman–Crippen LogP) is 4.97. The summed E-state index contributed by atoms with van der Waals surface area (Å²) in [5.74, 6) is 0.922. The summed E-state index contributed by atoms with van der Waals surface area (Å²) in [6.07, 6.45) is 0.953. The Hall–Kier alpha value is -3.22. The van der Waals surface area contributed by atoms with Crippen LogP contribution in [-0.4, -0.2) is 8.42 Å². The third kappa shape index (κ3) is 4.31. The van der Waals surface area contributed by atoms with Gasteiger partial charge in [-0.1, -0.05) is 50.2 Å². The summed E-state index contributed by atoms with van der Waals surface area (Å²) in [4.78, 5) is 13.4. The van der Waals surface area contributed by atoms with Gasteiger partial charge < -0.3 is 4.42 Å². The van der Waals surface area contributed by atoms with Crippen LogP contribution in [0.3, 0.4) is 0 Å². The molecule has 1 aromatic heterocycles. The number of hydrogen-bond donors (Lipinski definition) is 1. The third-order valence-corrected chi connectivity index (χ3v) is 6.06. The minimum atomic E-state index is -3.81. The second kappa shape index (κ2) is 8.13. The van der Waals surface area contributed by atoms with Crippen LogP contribution in [0.25, 0.3) is 33.4 Å². The standard InChI is InChI=1S/C25H23NO4S/c1-16(2)15-17-7-9-18(10-8-17)23-24(27)21-5-3-4-6-22(21)30-25(23)19-11-13-20(14-12-19)31(26,28)29/h3-14,16H,15H2,1-2H3,(H2,26,28,29). The molecular formula is C25H23NO4S. The van der Waals surface area contributed by atoms with Crippen molar-refractivity contribution in [2.75, 3.05) is 0 Å². The number of sulfonamides is 1. The number of primary sulfonamides is 1. The van der Waals surface area contributed by atoms with Crippen molar-refractivity contribution in [1.82, 2.24) is 0 Å². The first-order chi connectivity index (χ1) is 14.7. The number of rotatable bonds is 5. The lowest BCUT2D eigenvalue weighted by Crippen LogP contribution is -2.12. The zero-order chi connectivity index (χ0) is 22.2. The van der Waals surface area contributed by atoms with Crippen LogP contribution in [0.1, 0.15) is 19.4 Å². The van der Waals surface area contributed by atoms with E-state index in [1.807, 2.05) is 24.3 Å². The number of hydrogen-bond acceptors (Lipinski definition) is 4. The monoisotopic (exact) mass is 433 g/mol. The molecule has 3 aromatic carbocycles. The van der Waals surface area contributed by atoms with Crippen LogP contribution in [0.4, 0.5) is 0 Å². The van der Waals surface area contributed by atoms with Crippen LogP contribution < -0.4 is 10.6 Å². The zero-order valence-corrected chi connectivity index (χ0v) is 18.1. The van der Waals surface area contributed by atoms with Crippen molar-refractivity contribution in [1.29, 1.82) is 0 Å². The van der Waals surface area contributed by atoms with Gasteiger partial charge in [-0.05, 0) is 59.9 Å². The molecule has 4 aromatic rings. The summed E-state index contributed by atoms with van der Waals surface area (Å²) in [5, 5.41) is 5.71. The molecule has 0 fully saturated rings. The molecule has 0 saturated heterocycles. The number of para-hydroxylation sites is 1. The average molecular weight is 434 g/mol. The van der Waals surface area contributed by atoms with E-state index in [1.54, 1.807) is 36.4 Å². The first kappa shape index (κ1) is 21.0. The Kier molecular flexibility index (Phi) is 5.52. The van der Waals surface area contributed by atoms with Crippen molar-refractivity contribution in [3.8, 4) is 22.5 Å². The molecule has 0 radical (unpaired) electrons. The van der Waals surface area contributed by atoms with Crippen LogP contribution in [0, 0.1) is 5.92 Å². The normalized spacial score (nSPS) is 11.9. The van der Waals surface area contributed by atoms with Crippen LogP contribution in [0.2, 0.25) is 0 Å². The van der Waals surface area contributed by atoms with Crippen LogP contribution in [0.5, 0.6) is 0 Å². The predicted molar refractivity (Wildman–Crippen MR) is 123 cm³/mol. The maximum absolute atomic E-state index is 13.4. The summed E-state index contributed by atoms with van der Waals surface area (Å²) in [5.41, 5.74) is 3.32. The van der Waals surface area contributed by atoms with Crippen LogP contribution in [-0.2, 0) is 16.4 Å². The molecule has 31 heavy (non-hydrogen) atoms. The van der Waals surface area contributed by atoms with Crippen LogP contribution >= 0.6 is 0 Å². The lowest BCUT2D eigenvalue weighted by atomic mass is 9.96. The van der Waals surface area contributed by atoms with Gasteiger partial charge in [-0.25, -0.2) is 13.6 Å². The molecule has 0 unspecified atom stereocenters. The third-order valence-electron chi connectivity index (χ3n) is 5.13. The molecule has 0 aliphatic heterocycles. The zero-order valence-electron chi connectivity index (χ0n) is 17.3. The molecular weight excluding hydrogens is 410 g/mol. The fourth-order valence-corrected chi connectivity index (χ4v) is 4.20. The van der Waals surface area contributed by atoms with E-state index in [2.05, 4.69) is 13.8 Å². The van der Waals surface area contributed by atoms with E-state index in [0.29, 0.717) is 33.8 Å². The van der Waals surface area contributed by atoms with Gasteiger partial charge in [0.2, 0.25) is 15.5 Å². The molecule has 4 rings (SSSR count). The van der Waals surface area contributed by atoms with Crippen molar-refractivity contribution >= 4 is 21.0 Å². The fraction of sp³-hybridized carbons (Fsp3) is 0.160. The number of benzene rings is 3. The molecule has 0 atom stereocenters. The van der Waals surface area contributed by atoms with Crippen LogP contribution in [0.15, 0.2) is 86.9 Å². The Morgan fingerprint density at radius 2 is 1.48 bits per heavy atom. The highest BCUT2D eigenvalue weighted by Crippen LogP contribution is 2.33. The van der Waals surface area contributed by atoms with Gasteiger partial charge >= 0.3 is 0 Å². The van der Waals surface area contributed by atoms with Gasteiger partial charge in [0.25, 0.3) is 0 Å². The van der Waals surface area contributed by atoms with Crippen molar-refractivity contribution in [2.45, 2.75) is 25.2 Å². The fourth-order valence-electron chi connectivity index (χ4n) is 3.68. The molecule has 6 heteroatoms. The van der Waals surface area contributed by atoms with Gasteiger partial charge in [-0.3, -0.25) is 4.79 Å². The highest BCUT2D eigenvalue weighted by molar-refractivity contribution is 7.89. The van der Waals surface area contributed by atoms with E-state index in [-0.39, 0.29) is 10.3 Å². The van der Waals surface area contributed by atoms with Gasteiger partial charge in [0.05, 0.1) is 15.8 Å². The molecule has 0 aliphatic rings. The van der Waals surface area contributed by atoms with Gasteiger partial charge in [0.15, 0.2) is 0 Å². The molecule has 2 N–H and O–H groups in total. The summed E-state index contributed by atoms with van der Waals surface area (Å²) < 4.78 is 29.4. The first-order valence-electron chi connectivity index (χ1n) is 10.0. The molecule has 158 valence electrons. The van der Waals surface area contributed by atoms with Crippen molar-refractivity contribution in [3.63, 3.8) is 0 Å². The smallest absolute Gasteiger partial charge is 0.238 e. The van der Waals surface area contributed by atoms with Gasteiger partial charge in [-0.2, -0.15) is 0 Å². The number of nitrogens with two attached hydrogens (primary N) is 1. The lowest BCUT2D eigenvalue weighted by Gasteiger charge is -2.12. The maximum atomic E-state index is 13.4. The topological polar surface area (TPSA) is 90.4 Å². The molecule has 0 bridgehead atoms. The highest BCUT2D eigenvalue weighted by Gasteiger charge is 2.18. The number of fused-ring (bicyclic) bond motifs is 1. The van der Waals surface area contributed by atoms with E-state index >= 15 is 0 Å². The molecule has 0 spiro atoms. The van der Waals surface area contributed by atoms with Crippen molar-refractivity contribution in [2.24, 2.45) is 11.1 Å². The molecule has 5 nitrogen and oxygen atoms in total. The Labute approximate surface area is 181 Å². The van der Waals surface area contributed by atoms with Gasteiger partial charge in [0, 0.05) is 5.56 Å². The second-order valence-corrected chi connectivity index (χ2v) is 9.56. The minimum absolute atomic E-state index is 0.000950. The summed E-state index contributed by atoms with van der Waals surface area (Å²) in [7, 11) is -3.81. The highest BCUT2D eigenvalue weighted by atomic mass is 32.2. The Morgan fingerprint density at radius 3 is 2.10 bits per heavy atom. The summed E-state index contributed by atoms with van der Waals surface area (Å²) in [6, 6.07) is 21.0. The first-order valence-corrected chi connectivity index (χ1v) is 11.6. The van der Waals surface area contributed by atoms with E-state index in [4.69, 9.17) is 9.56 Å². The Balaban J connectivity index is 1.93. The molecule has 0 amide bonds. The minimum Gasteiger partial charge on any atom is -0.455 e. The SMILES string of the molecule is CC(C)Cc1ccc(-c2c(-c3ccc(S(N)(=O)=O)cc3)oc3ccccc3c2=O)cc1. The summed E-state index contributed by atoms with van der Waals surface area (Å²) >= 11 is 0. The molecule has 1 heterocycles. The van der Waals surface area contributed by atoms with E-state index < -0.39 is 10.0 Å². The largest absolute Gasteiger partial charge is 0.455 e. The molecule has 0 aliphatic carbocycles. The lowest BCUT2D eigenvalue weighted by molar-refractivity contribution is 0.597. The Bertz CT molecular complexity index is 1400.